The monoisotopic (exact) mass is 701 g/mol. The van der Waals surface area contributed by atoms with Crippen molar-refractivity contribution in [1.82, 2.24) is 0 Å². The fraction of sp³-hybridized carbons (Fsp3) is 0.925. The topological polar surface area (TPSA) is 157 Å². The van der Waals surface area contributed by atoms with E-state index in [9.17, 15) is 35.4 Å². The van der Waals surface area contributed by atoms with Crippen molar-refractivity contribution in [2.45, 2.75) is 205 Å². The summed E-state index contributed by atoms with van der Waals surface area (Å²) in [7, 11) is 0. The second-order valence-corrected chi connectivity index (χ2v) is 15.4. The zero-order valence-corrected chi connectivity index (χ0v) is 31.6. The number of allylic oxidation sites excluding steroid dienone is 1. The summed E-state index contributed by atoms with van der Waals surface area (Å²) in [5.41, 5.74) is 0. The first-order valence-corrected chi connectivity index (χ1v) is 20.0. The molecule has 1 saturated heterocycles. The van der Waals surface area contributed by atoms with Gasteiger partial charge in [-0.3, -0.25) is 4.79 Å². The lowest BCUT2D eigenvalue weighted by Crippen LogP contribution is -2.59. The summed E-state index contributed by atoms with van der Waals surface area (Å²) in [5, 5.41) is 61.9. The van der Waals surface area contributed by atoms with Crippen molar-refractivity contribution in [2.24, 2.45) is 17.8 Å². The first-order valence-electron chi connectivity index (χ1n) is 20.0. The molecule has 49 heavy (non-hydrogen) atoms. The molecule has 0 aromatic carbocycles. The van der Waals surface area contributed by atoms with E-state index in [0.29, 0.717) is 6.42 Å². The van der Waals surface area contributed by atoms with Crippen molar-refractivity contribution in [3.63, 3.8) is 0 Å². The van der Waals surface area contributed by atoms with Gasteiger partial charge in [-0.1, -0.05) is 155 Å². The molecule has 1 fully saturated rings. The highest BCUT2D eigenvalue weighted by Gasteiger charge is 2.44. The minimum absolute atomic E-state index is 0.290. The van der Waals surface area contributed by atoms with Gasteiger partial charge in [0, 0.05) is 0 Å². The fourth-order valence-corrected chi connectivity index (χ4v) is 6.51. The van der Waals surface area contributed by atoms with Gasteiger partial charge in [-0.05, 0) is 31.1 Å². The van der Waals surface area contributed by atoms with Crippen LogP contribution in [0, 0.1) is 17.8 Å². The third kappa shape index (κ3) is 21.3. The zero-order chi connectivity index (χ0) is 36.4. The molecule has 1 rings (SSSR count). The van der Waals surface area contributed by atoms with E-state index in [1.807, 2.05) is 6.08 Å². The summed E-state index contributed by atoms with van der Waals surface area (Å²) in [6.45, 7) is 8.09. The second kappa shape index (κ2) is 28.6. The second-order valence-electron chi connectivity index (χ2n) is 15.4. The maximum atomic E-state index is 13.4. The van der Waals surface area contributed by atoms with Gasteiger partial charge in [-0.15, -0.1) is 0 Å². The average molecular weight is 701 g/mol. The van der Waals surface area contributed by atoms with E-state index in [4.69, 9.17) is 9.47 Å². The van der Waals surface area contributed by atoms with Gasteiger partial charge in [0.2, 0.25) is 0 Å². The minimum atomic E-state index is -1.62. The van der Waals surface area contributed by atoms with Crippen LogP contribution in [0.15, 0.2) is 12.2 Å². The van der Waals surface area contributed by atoms with Crippen molar-refractivity contribution in [3.05, 3.63) is 12.2 Å². The van der Waals surface area contributed by atoms with Gasteiger partial charge in [-0.25, -0.2) is 0 Å². The molecule has 9 heteroatoms. The molecule has 0 unspecified atom stereocenters. The number of carbonyl (C=O) groups excluding carboxylic acids is 1. The normalized spacial score (nSPS) is 23.5. The van der Waals surface area contributed by atoms with E-state index in [1.165, 1.54) is 83.5 Å². The molecule has 0 spiro atoms. The van der Waals surface area contributed by atoms with Crippen molar-refractivity contribution in [3.8, 4) is 0 Å². The van der Waals surface area contributed by atoms with Crippen LogP contribution in [0.4, 0.5) is 0 Å². The molecule has 0 amide bonds. The van der Waals surface area contributed by atoms with Crippen LogP contribution in [0.3, 0.4) is 0 Å². The van der Waals surface area contributed by atoms with Gasteiger partial charge >= 0.3 is 0 Å². The van der Waals surface area contributed by atoms with E-state index in [2.05, 4.69) is 27.7 Å². The van der Waals surface area contributed by atoms with E-state index in [1.54, 1.807) is 6.08 Å². The SMILES string of the molecule is CC(C)CCCCCCCCCCC/C=C/[C@@H](O)[C@H](CO[C@@H]1O[C@H](CO)[C@H](O)[C@H](O)[C@H]1O)C(=O)[C@H](O)CCCCCCCCCCC(C)C. The van der Waals surface area contributed by atoms with Crippen molar-refractivity contribution >= 4 is 5.78 Å². The van der Waals surface area contributed by atoms with Gasteiger partial charge < -0.3 is 40.1 Å². The Morgan fingerprint density at radius 3 is 1.57 bits per heavy atom. The Labute approximate surface area is 298 Å². The molecule has 0 saturated carbocycles. The van der Waals surface area contributed by atoms with E-state index in [-0.39, 0.29) is 13.0 Å². The van der Waals surface area contributed by atoms with Crippen molar-refractivity contribution < 1.29 is 44.9 Å². The average Bonchev–Trinajstić information content (AvgIpc) is 3.07. The number of rotatable bonds is 31. The number of hydrogen-bond acceptors (Lipinski definition) is 9. The molecule has 0 bridgehead atoms. The predicted molar refractivity (Wildman–Crippen MR) is 196 cm³/mol. The first-order chi connectivity index (χ1) is 23.5. The molecular weight excluding hydrogens is 624 g/mol. The smallest absolute Gasteiger partial charge is 0.186 e. The third-order valence-corrected chi connectivity index (χ3v) is 9.89. The lowest BCUT2D eigenvalue weighted by molar-refractivity contribution is -0.303. The highest BCUT2D eigenvalue weighted by molar-refractivity contribution is 5.86. The Balaban J connectivity index is 2.54. The predicted octanol–water partition coefficient (Wildman–Crippen LogP) is 6.77. The molecule has 0 aromatic rings. The van der Waals surface area contributed by atoms with Crippen LogP contribution in [0.5, 0.6) is 0 Å². The number of carbonyl (C=O) groups is 1. The number of aliphatic hydroxyl groups is 6. The third-order valence-electron chi connectivity index (χ3n) is 9.89. The number of ether oxygens (including phenoxy) is 2. The Kier molecular flexibility index (Phi) is 27.0. The number of ketones is 1. The van der Waals surface area contributed by atoms with Crippen LogP contribution in [-0.4, -0.2) is 92.5 Å². The molecule has 0 aromatic heterocycles. The highest BCUT2D eigenvalue weighted by Crippen LogP contribution is 2.24. The van der Waals surface area contributed by atoms with Crippen molar-refractivity contribution in [1.29, 1.82) is 0 Å². The molecule has 1 heterocycles. The zero-order valence-electron chi connectivity index (χ0n) is 31.6. The van der Waals surface area contributed by atoms with Crippen LogP contribution in [0.2, 0.25) is 0 Å². The Hall–Kier alpha value is -0.910. The molecular formula is C40H76O9. The van der Waals surface area contributed by atoms with Crippen LogP contribution in [-0.2, 0) is 14.3 Å². The quantitative estimate of drug-likeness (QED) is 0.0339. The minimum Gasteiger partial charge on any atom is -0.394 e. The number of unbranched alkanes of at least 4 members (excludes halogenated alkanes) is 16. The summed E-state index contributed by atoms with van der Waals surface area (Å²) < 4.78 is 11.1. The molecule has 0 radical (unpaired) electrons. The maximum Gasteiger partial charge on any atom is 0.186 e. The van der Waals surface area contributed by atoms with Crippen molar-refractivity contribution in [2.75, 3.05) is 13.2 Å². The highest BCUT2D eigenvalue weighted by atomic mass is 16.7. The molecule has 290 valence electrons. The van der Waals surface area contributed by atoms with Gasteiger partial charge in [-0.2, -0.15) is 0 Å². The Bertz CT molecular complexity index is 818. The molecule has 1 aliphatic rings. The van der Waals surface area contributed by atoms with Crippen LogP contribution in [0.1, 0.15) is 163 Å². The van der Waals surface area contributed by atoms with E-state index in [0.717, 1.165) is 50.4 Å². The summed E-state index contributed by atoms with van der Waals surface area (Å²) in [5.74, 6) is -0.114. The molecule has 1 aliphatic heterocycles. The molecule has 0 aliphatic carbocycles. The van der Waals surface area contributed by atoms with Gasteiger partial charge in [0.25, 0.3) is 0 Å². The Morgan fingerprint density at radius 2 is 1.10 bits per heavy atom. The standard InChI is InChI=1S/C40H76O9/c1-30(2)24-20-16-12-8-6-5-7-9-14-18-22-26-33(42)32(29-48-40-39(47)38(46)37(45)35(28-41)49-40)36(44)34(43)27-23-19-15-11-10-13-17-21-25-31(3)4/h22,26,30-35,37-43,45-47H,5-21,23-25,27-29H2,1-4H3/b26-22+/t32-,33+,34+,35+,37-,38-,39+,40+/m0/s1. The van der Waals surface area contributed by atoms with Gasteiger partial charge in [0.05, 0.1) is 25.2 Å². The van der Waals surface area contributed by atoms with Crippen LogP contribution in [0.25, 0.3) is 0 Å². The lowest BCUT2D eigenvalue weighted by Gasteiger charge is -2.40. The van der Waals surface area contributed by atoms with Gasteiger partial charge in [0.15, 0.2) is 12.1 Å². The van der Waals surface area contributed by atoms with E-state index >= 15 is 0 Å². The largest absolute Gasteiger partial charge is 0.394 e. The summed E-state index contributed by atoms with van der Waals surface area (Å²) >= 11 is 0. The lowest BCUT2D eigenvalue weighted by atomic mass is 9.91. The molecule has 9 nitrogen and oxygen atoms in total. The summed E-state index contributed by atoms with van der Waals surface area (Å²) in [6, 6.07) is 0. The Morgan fingerprint density at radius 1 is 0.653 bits per heavy atom. The maximum absolute atomic E-state index is 13.4. The summed E-state index contributed by atoms with van der Waals surface area (Å²) in [4.78, 5) is 13.4. The van der Waals surface area contributed by atoms with Gasteiger partial charge in [0.1, 0.15) is 30.5 Å². The number of Topliss-reactive ketones (excluding diaryl/α,β-unsaturated/α-hetero) is 1. The van der Waals surface area contributed by atoms with Crippen LogP contribution >= 0.6 is 0 Å². The molecule has 8 atom stereocenters. The first kappa shape index (κ1) is 46.1. The fourth-order valence-electron chi connectivity index (χ4n) is 6.51. The number of hydrogen-bond donors (Lipinski definition) is 6. The molecule has 6 N–H and O–H groups in total. The number of aliphatic hydroxyl groups excluding tert-OH is 6. The van der Waals surface area contributed by atoms with E-state index < -0.39 is 61.2 Å². The summed E-state index contributed by atoms with van der Waals surface area (Å²) in [6.07, 6.45) is 17.1. The van der Waals surface area contributed by atoms with Crippen LogP contribution < -0.4 is 0 Å².